The van der Waals surface area contributed by atoms with Crippen molar-refractivity contribution in [2.45, 2.75) is 27.7 Å². The average molecular weight is 218 g/mol. The summed E-state index contributed by atoms with van der Waals surface area (Å²) in [5, 5.41) is 2.82. The predicted octanol–water partition coefficient (Wildman–Crippen LogP) is 3.02. The molecule has 0 fully saturated rings. The Bertz CT molecular complexity index is 416. The van der Waals surface area contributed by atoms with E-state index < -0.39 is 5.41 Å². The van der Waals surface area contributed by atoms with Gasteiger partial charge in [0, 0.05) is 16.7 Å². The molecule has 0 aliphatic rings. The quantitative estimate of drug-likeness (QED) is 0.829. The van der Waals surface area contributed by atoms with Crippen LogP contribution in [-0.4, -0.2) is 10.9 Å². The van der Waals surface area contributed by atoms with Crippen molar-refractivity contribution < 1.29 is 4.79 Å². The molecule has 0 radical (unpaired) electrons. The summed E-state index contributed by atoms with van der Waals surface area (Å²) in [6.45, 7) is 11.2. The summed E-state index contributed by atoms with van der Waals surface area (Å²) >= 11 is 0. The number of nitrogens with zero attached hydrogens (tertiary/aromatic N) is 1. The molecular formula is C13H18N2O. The third-order valence-electron chi connectivity index (χ3n) is 2.20. The van der Waals surface area contributed by atoms with Gasteiger partial charge in [-0.25, -0.2) is 4.98 Å². The topological polar surface area (TPSA) is 42.0 Å². The number of aryl methyl sites for hydroxylation is 1. The Morgan fingerprint density at radius 2 is 2.06 bits per heavy atom. The zero-order chi connectivity index (χ0) is 12.3. The van der Waals surface area contributed by atoms with Crippen LogP contribution in [0.4, 0.5) is 5.82 Å². The van der Waals surface area contributed by atoms with E-state index in [0.29, 0.717) is 5.82 Å². The van der Waals surface area contributed by atoms with Crippen molar-refractivity contribution in [2.75, 3.05) is 5.32 Å². The number of hydrogen-bond acceptors (Lipinski definition) is 2. The van der Waals surface area contributed by atoms with Crippen LogP contribution < -0.4 is 5.32 Å². The maximum atomic E-state index is 11.8. The van der Waals surface area contributed by atoms with Gasteiger partial charge in [0.05, 0.1) is 0 Å². The summed E-state index contributed by atoms with van der Waals surface area (Å²) in [7, 11) is 0. The highest BCUT2D eigenvalue weighted by Crippen LogP contribution is 2.19. The fraction of sp³-hybridized carbons (Fsp3) is 0.385. The van der Waals surface area contributed by atoms with Gasteiger partial charge in [-0.1, -0.05) is 33.4 Å². The van der Waals surface area contributed by atoms with E-state index in [9.17, 15) is 4.79 Å². The Kier molecular flexibility index (Phi) is 3.48. The third kappa shape index (κ3) is 2.92. The molecule has 1 heterocycles. The van der Waals surface area contributed by atoms with Crippen LogP contribution in [0, 0.1) is 12.3 Å². The molecule has 0 aliphatic heterocycles. The summed E-state index contributed by atoms with van der Waals surface area (Å²) in [5.74, 6) is 0.531. The Labute approximate surface area is 96.6 Å². The molecule has 0 saturated heterocycles. The standard InChI is InChI=1S/C13H18N2O/c1-6-10-8-7-9(2)14-11(10)15-12(16)13(3,4)5/h6-8H,1H2,2-5H3,(H,14,15,16). The lowest BCUT2D eigenvalue weighted by Crippen LogP contribution is -2.28. The second kappa shape index (κ2) is 4.47. The molecule has 3 nitrogen and oxygen atoms in total. The highest BCUT2D eigenvalue weighted by molar-refractivity contribution is 5.95. The molecule has 3 heteroatoms. The lowest BCUT2D eigenvalue weighted by Gasteiger charge is -2.18. The van der Waals surface area contributed by atoms with E-state index in [0.717, 1.165) is 11.3 Å². The van der Waals surface area contributed by atoms with Crippen molar-refractivity contribution in [1.82, 2.24) is 4.98 Å². The summed E-state index contributed by atoms with van der Waals surface area (Å²) in [6, 6.07) is 3.79. The first-order valence-electron chi connectivity index (χ1n) is 5.26. The van der Waals surface area contributed by atoms with Crippen LogP contribution in [0.15, 0.2) is 18.7 Å². The minimum absolute atomic E-state index is 0.0475. The number of carbonyl (C=O) groups is 1. The Hall–Kier alpha value is -1.64. The van der Waals surface area contributed by atoms with Crippen LogP contribution in [0.1, 0.15) is 32.0 Å². The van der Waals surface area contributed by atoms with Crippen molar-refractivity contribution in [3.63, 3.8) is 0 Å². The Balaban J connectivity index is 3.00. The molecule has 1 aromatic heterocycles. The fourth-order valence-electron chi connectivity index (χ4n) is 1.13. The van der Waals surface area contributed by atoms with Gasteiger partial charge in [0.25, 0.3) is 0 Å². The zero-order valence-corrected chi connectivity index (χ0v) is 10.3. The first-order valence-corrected chi connectivity index (χ1v) is 5.26. The van der Waals surface area contributed by atoms with Gasteiger partial charge in [0.15, 0.2) is 0 Å². The maximum Gasteiger partial charge on any atom is 0.230 e. The summed E-state index contributed by atoms with van der Waals surface area (Å²) in [5.41, 5.74) is 1.28. The molecule has 1 N–H and O–H groups in total. The van der Waals surface area contributed by atoms with Gasteiger partial charge >= 0.3 is 0 Å². The molecule has 1 rings (SSSR count). The van der Waals surface area contributed by atoms with Crippen LogP contribution in [0.2, 0.25) is 0 Å². The second-order valence-electron chi connectivity index (χ2n) is 4.80. The maximum absolute atomic E-state index is 11.8. The van der Waals surface area contributed by atoms with Crippen LogP contribution in [-0.2, 0) is 4.79 Å². The Morgan fingerprint density at radius 1 is 1.44 bits per heavy atom. The summed E-state index contributed by atoms with van der Waals surface area (Å²) in [4.78, 5) is 16.1. The van der Waals surface area contributed by atoms with Gasteiger partial charge in [-0.05, 0) is 19.1 Å². The van der Waals surface area contributed by atoms with E-state index in [4.69, 9.17) is 0 Å². The molecule has 1 amide bonds. The number of anilines is 1. The van der Waals surface area contributed by atoms with Crippen molar-refractivity contribution in [1.29, 1.82) is 0 Å². The SMILES string of the molecule is C=Cc1ccc(C)nc1NC(=O)C(C)(C)C. The van der Waals surface area contributed by atoms with Gasteiger partial charge in [-0.15, -0.1) is 0 Å². The predicted molar refractivity (Wildman–Crippen MR) is 67.1 cm³/mol. The van der Waals surface area contributed by atoms with Crippen molar-refractivity contribution in [2.24, 2.45) is 5.41 Å². The minimum Gasteiger partial charge on any atom is -0.310 e. The number of amides is 1. The first-order chi connectivity index (χ1) is 7.34. The third-order valence-corrected chi connectivity index (χ3v) is 2.20. The highest BCUT2D eigenvalue weighted by atomic mass is 16.2. The fourth-order valence-corrected chi connectivity index (χ4v) is 1.13. The van der Waals surface area contributed by atoms with Crippen LogP contribution >= 0.6 is 0 Å². The van der Waals surface area contributed by atoms with Crippen molar-refractivity contribution in [3.05, 3.63) is 30.0 Å². The molecule has 0 spiro atoms. The molecule has 0 saturated carbocycles. The van der Waals surface area contributed by atoms with Gasteiger partial charge in [-0.2, -0.15) is 0 Å². The lowest BCUT2D eigenvalue weighted by molar-refractivity contribution is -0.123. The zero-order valence-electron chi connectivity index (χ0n) is 10.3. The molecular weight excluding hydrogens is 200 g/mol. The Morgan fingerprint density at radius 3 is 2.56 bits per heavy atom. The lowest BCUT2D eigenvalue weighted by atomic mass is 9.95. The number of carbonyl (C=O) groups excluding carboxylic acids is 1. The smallest absolute Gasteiger partial charge is 0.230 e. The molecule has 16 heavy (non-hydrogen) atoms. The number of pyridine rings is 1. The summed E-state index contributed by atoms with van der Waals surface area (Å²) < 4.78 is 0. The van der Waals surface area contributed by atoms with Crippen molar-refractivity contribution >= 4 is 17.8 Å². The molecule has 0 unspecified atom stereocenters. The van der Waals surface area contributed by atoms with Crippen LogP contribution in [0.5, 0.6) is 0 Å². The van der Waals surface area contributed by atoms with E-state index >= 15 is 0 Å². The van der Waals surface area contributed by atoms with E-state index in [1.165, 1.54) is 0 Å². The van der Waals surface area contributed by atoms with Crippen LogP contribution in [0.3, 0.4) is 0 Å². The number of aromatic nitrogens is 1. The van der Waals surface area contributed by atoms with Crippen LogP contribution in [0.25, 0.3) is 6.08 Å². The molecule has 0 aromatic carbocycles. The van der Waals surface area contributed by atoms with Gasteiger partial charge in [-0.3, -0.25) is 4.79 Å². The molecule has 1 aromatic rings. The average Bonchev–Trinajstić information content (AvgIpc) is 2.16. The number of hydrogen-bond donors (Lipinski definition) is 1. The largest absolute Gasteiger partial charge is 0.310 e. The van der Waals surface area contributed by atoms with E-state index in [-0.39, 0.29) is 5.91 Å². The van der Waals surface area contributed by atoms with E-state index in [1.54, 1.807) is 6.08 Å². The van der Waals surface area contributed by atoms with E-state index in [1.807, 2.05) is 39.8 Å². The number of rotatable bonds is 2. The van der Waals surface area contributed by atoms with Gasteiger partial charge in [0.2, 0.25) is 5.91 Å². The molecule has 86 valence electrons. The monoisotopic (exact) mass is 218 g/mol. The normalized spacial score (nSPS) is 11.0. The molecule has 0 aliphatic carbocycles. The van der Waals surface area contributed by atoms with Gasteiger partial charge in [0.1, 0.15) is 5.82 Å². The second-order valence-corrected chi connectivity index (χ2v) is 4.80. The molecule has 0 bridgehead atoms. The van der Waals surface area contributed by atoms with Gasteiger partial charge < -0.3 is 5.32 Å². The minimum atomic E-state index is -0.427. The highest BCUT2D eigenvalue weighted by Gasteiger charge is 2.22. The van der Waals surface area contributed by atoms with E-state index in [2.05, 4.69) is 16.9 Å². The number of nitrogens with one attached hydrogen (secondary N) is 1. The summed E-state index contributed by atoms with van der Waals surface area (Å²) in [6.07, 6.45) is 1.69. The molecule has 0 atom stereocenters. The van der Waals surface area contributed by atoms with Crippen molar-refractivity contribution in [3.8, 4) is 0 Å². The first kappa shape index (κ1) is 12.4.